The highest BCUT2D eigenvalue weighted by atomic mass is 32.2. The van der Waals surface area contributed by atoms with Crippen molar-refractivity contribution >= 4 is 17.7 Å². The molecule has 0 atom stereocenters. The molecular formula is C17H16F2N2OS. The van der Waals surface area contributed by atoms with Crippen molar-refractivity contribution in [3.05, 3.63) is 59.9 Å². The SMILES string of the molecule is O=C(CSc1ccc(F)c(F)c1)N(Cc1ccncc1)C1CC1. The fourth-order valence-electron chi connectivity index (χ4n) is 2.29. The van der Waals surface area contributed by atoms with E-state index in [2.05, 4.69) is 4.98 Å². The van der Waals surface area contributed by atoms with Gasteiger partial charge in [0.1, 0.15) is 0 Å². The maximum Gasteiger partial charge on any atom is 0.233 e. The van der Waals surface area contributed by atoms with E-state index < -0.39 is 11.6 Å². The Morgan fingerprint density at radius 3 is 2.57 bits per heavy atom. The van der Waals surface area contributed by atoms with Gasteiger partial charge >= 0.3 is 0 Å². The molecule has 1 saturated carbocycles. The van der Waals surface area contributed by atoms with Gasteiger partial charge in [0.15, 0.2) is 11.6 Å². The summed E-state index contributed by atoms with van der Waals surface area (Å²) in [5, 5.41) is 0. The van der Waals surface area contributed by atoms with Crippen molar-refractivity contribution in [3.63, 3.8) is 0 Å². The van der Waals surface area contributed by atoms with Crippen molar-refractivity contribution in [2.24, 2.45) is 0 Å². The van der Waals surface area contributed by atoms with E-state index in [1.807, 2.05) is 17.0 Å². The molecular weight excluding hydrogens is 318 g/mol. The highest BCUT2D eigenvalue weighted by Crippen LogP contribution is 2.30. The lowest BCUT2D eigenvalue weighted by Crippen LogP contribution is -2.33. The maximum atomic E-state index is 13.2. The fraction of sp³-hybridized carbons (Fsp3) is 0.294. The molecule has 120 valence electrons. The van der Waals surface area contributed by atoms with Crippen molar-refractivity contribution < 1.29 is 13.6 Å². The van der Waals surface area contributed by atoms with Crippen molar-refractivity contribution in [1.82, 2.24) is 9.88 Å². The average Bonchev–Trinajstić information content (AvgIpc) is 3.39. The van der Waals surface area contributed by atoms with E-state index in [1.165, 1.54) is 17.8 Å². The minimum atomic E-state index is -0.890. The van der Waals surface area contributed by atoms with Gasteiger partial charge in [0.25, 0.3) is 0 Å². The normalized spacial score (nSPS) is 13.8. The van der Waals surface area contributed by atoms with Crippen LogP contribution in [-0.4, -0.2) is 27.6 Å². The molecule has 2 aromatic rings. The Balaban J connectivity index is 1.61. The van der Waals surface area contributed by atoms with Gasteiger partial charge in [-0.3, -0.25) is 9.78 Å². The van der Waals surface area contributed by atoms with E-state index >= 15 is 0 Å². The number of halogens is 2. The Hall–Kier alpha value is -1.95. The molecule has 1 fully saturated rings. The molecule has 1 aliphatic rings. The van der Waals surface area contributed by atoms with Gasteiger partial charge in [0.05, 0.1) is 5.75 Å². The summed E-state index contributed by atoms with van der Waals surface area (Å²) in [6.45, 7) is 0.560. The van der Waals surface area contributed by atoms with Crippen LogP contribution < -0.4 is 0 Å². The largest absolute Gasteiger partial charge is 0.335 e. The smallest absolute Gasteiger partial charge is 0.233 e. The van der Waals surface area contributed by atoms with E-state index in [0.29, 0.717) is 17.5 Å². The summed E-state index contributed by atoms with van der Waals surface area (Å²) < 4.78 is 26.1. The quantitative estimate of drug-likeness (QED) is 0.756. The van der Waals surface area contributed by atoms with Gasteiger partial charge in [-0.05, 0) is 48.7 Å². The van der Waals surface area contributed by atoms with Gasteiger partial charge in [0, 0.05) is 29.9 Å². The number of hydrogen-bond donors (Lipinski definition) is 0. The van der Waals surface area contributed by atoms with Crippen molar-refractivity contribution in [2.75, 3.05) is 5.75 Å². The van der Waals surface area contributed by atoms with Gasteiger partial charge in [0.2, 0.25) is 5.91 Å². The second kappa shape index (κ2) is 7.08. The molecule has 1 aromatic heterocycles. The van der Waals surface area contributed by atoms with Gasteiger partial charge < -0.3 is 4.90 Å². The van der Waals surface area contributed by atoms with Crippen molar-refractivity contribution in [1.29, 1.82) is 0 Å². The molecule has 1 amide bonds. The lowest BCUT2D eigenvalue weighted by molar-refractivity contribution is -0.129. The van der Waals surface area contributed by atoms with Crippen LogP contribution in [0.15, 0.2) is 47.6 Å². The lowest BCUT2D eigenvalue weighted by Gasteiger charge is -2.22. The highest BCUT2D eigenvalue weighted by Gasteiger charge is 2.32. The van der Waals surface area contributed by atoms with Crippen LogP contribution in [0, 0.1) is 11.6 Å². The van der Waals surface area contributed by atoms with E-state index in [9.17, 15) is 13.6 Å². The van der Waals surface area contributed by atoms with Crippen molar-refractivity contribution in [2.45, 2.75) is 30.3 Å². The number of benzene rings is 1. The number of amides is 1. The summed E-state index contributed by atoms with van der Waals surface area (Å²) in [6, 6.07) is 7.77. The van der Waals surface area contributed by atoms with Crippen LogP contribution in [0.25, 0.3) is 0 Å². The lowest BCUT2D eigenvalue weighted by atomic mass is 10.2. The van der Waals surface area contributed by atoms with E-state index in [-0.39, 0.29) is 11.7 Å². The fourth-order valence-corrected chi connectivity index (χ4v) is 3.09. The molecule has 1 aromatic carbocycles. The average molecular weight is 334 g/mol. The third-order valence-corrected chi connectivity index (χ3v) is 4.64. The van der Waals surface area contributed by atoms with Crippen molar-refractivity contribution in [3.8, 4) is 0 Å². The standard InChI is InChI=1S/C17H16F2N2OS/c18-15-4-3-14(9-16(15)19)23-11-17(22)21(13-1-2-13)10-12-5-7-20-8-6-12/h3-9,13H,1-2,10-11H2. The summed E-state index contributed by atoms with van der Waals surface area (Å²) in [7, 11) is 0. The number of carbonyl (C=O) groups is 1. The monoisotopic (exact) mass is 334 g/mol. The summed E-state index contributed by atoms with van der Waals surface area (Å²) >= 11 is 1.23. The zero-order valence-corrected chi connectivity index (χ0v) is 13.2. The highest BCUT2D eigenvalue weighted by molar-refractivity contribution is 8.00. The van der Waals surface area contributed by atoms with Crippen LogP contribution in [-0.2, 0) is 11.3 Å². The number of carbonyl (C=O) groups excluding carboxylic acids is 1. The summed E-state index contributed by atoms with van der Waals surface area (Å²) in [5.74, 6) is -1.54. The Morgan fingerprint density at radius 2 is 1.91 bits per heavy atom. The molecule has 6 heteroatoms. The third-order valence-electron chi connectivity index (χ3n) is 3.66. The first-order valence-electron chi connectivity index (χ1n) is 7.39. The molecule has 0 spiro atoms. The molecule has 0 radical (unpaired) electrons. The summed E-state index contributed by atoms with van der Waals surface area (Å²) in [6.07, 6.45) is 5.46. The molecule has 0 bridgehead atoms. The Kier molecular flexibility index (Phi) is 4.91. The van der Waals surface area contributed by atoms with E-state index in [4.69, 9.17) is 0 Å². The molecule has 0 aliphatic heterocycles. The molecule has 1 aliphatic carbocycles. The first kappa shape index (κ1) is 15.9. The zero-order chi connectivity index (χ0) is 16.2. The first-order chi connectivity index (χ1) is 11.1. The zero-order valence-electron chi connectivity index (χ0n) is 12.4. The van der Waals surface area contributed by atoms with Crippen LogP contribution >= 0.6 is 11.8 Å². The topological polar surface area (TPSA) is 33.2 Å². The van der Waals surface area contributed by atoms with E-state index in [0.717, 1.165) is 30.5 Å². The molecule has 0 saturated heterocycles. The molecule has 1 heterocycles. The van der Waals surface area contributed by atoms with Gasteiger partial charge in [-0.1, -0.05) is 0 Å². The van der Waals surface area contributed by atoms with E-state index in [1.54, 1.807) is 12.4 Å². The molecule has 3 rings (SSSR count). The van der Waals surface area contributed by atoms with Gasteiger partial charge in [-0.15, -0.1) is 11.8 Å². The Labute approximate surface area is 137 Å². The van der Waals surface area contributed by atoms with Gasteiger partial charge in [-0.2, -0.15) is 0 Å². The van der Waals surface area contributed by atoms with Crippen LogP contribution in [0.3, 0.4) is 0 Å². The number of rotatable bonds is 6. The predicted octanol–water partition coefficient (Wildman–Crippen LogP) is 3.64. The third kappa shape index (κ3) is 4.28. The van der Waals surface area contributed by atoms with Crippen LogP contribution in [0.1, 0.15) is 18.4 Å². The number of pyridine rings is 1. The number of thioether (sulfide) groups is 1. The second-order valence-electron chi connectivity index (χ2n) is 5.47. The number of nitrogens with zero attached hydrogens (tertiary/aromatic N) is 2. The minimum Gasteiger partial charge on any atom is -0.335 e. The predicted molar refractivity (Wildman–Crippen MR) is 84.9 cm³/mol. The van der Waals surface area contributed by atoms with Crippen LogP contribution in [0.2, 0.25) is 0 Å². The van der Waals surface area contributed by atoms with Crippen LogP contribution in [0.5, 0.6) is 0 Å². The van der Waals surface area contributed by atoms with Crippen LogP contribution in [0.4, 0.5) is 8.78 Å². The summed E-state index contributed by atoms with van der Waals surface area (Å²) in [5.41, 5.74) is 1.04. The van der Waals surface area contributed by atoms with Gasteiger partial charge in [-0.25, -0.2) is 8.78 Å². The molecule has 0 unspecified atom stereocenters. The maximum absolute atomic E-state index is 13.2. The summed E-state index contributed by atoms with van der Waals surface area (Å²) in [4.78, 5) is 18.9. The minimum absolute atomic E-state index is 0.0130. The number of hydrogen-bond acceptors (Lipinski definition) is 3. The molecule has 23 heavy (non-hydrogen) atoms. The first-order valence-corrected chi connectivity index (χ1v) is 8.38. The Bertz CT molecular complexity index is 692. The second-order valence-corrected chi connectivity index (χ2v) is 6.52. The molecule has 0 N–H and O–H groups in total. The number of aromatic nitrogens is 1. The Morgan fingerprint density at radius 1 is 1.17 bits per heavy atom. The molecule has 3 nitrogen and oxygen atoms in total.